The summed E-state index contributed by atoms with van der Waals surface area (Å²) in [5, 5.41) is 12.6. The fourth-order valence-electron chi connectivity index (χ4n) is 2.84. The minimum Gasteiger partial charge on any atom is -0.394 e. The number of hydrogen-bond donors (Lipinski definition) is 2. The van der Waals surface area contributed by atoms with Crippen LogP contribution < -0.4 is 5.32 Å². The Labute approximate surface area is 121 Å². The van der Waals surface area contributed by atoms with E-state index < -0.39 is 0 Å². The van der Waals surface area contributed by atoms with Crippen molar-refractivity contribution in [2.45, 2.75) is 25.5 Å². The van der Waals surface area contributed by atoms with Crippen LogP contribution in [0.5, 0.6) is 0 Å². The Balaban J connectivity index is 1.89. The number of nitrogens with zero attached hydrogens (tertiary/aromatic N) is 1. The molecular formula is C16H26N2O2. The van der Waals surface area contributed by atoms with Crippen molar-refractivity contribution in [2.75, 3.05) is 39.9 Å². The first-order valence-electron chi connectivity index (χ1n) is 7.42. The fourth-order valence-corrected chi connectivity index (χ4v) is 2.84. The molecule has 1 aliphatic heterocycles. The van der Waals surface area contributed by atoms with Crippen LogP contribution >= 0.6 is 0 Å². The number of aliphatic hydroxyl groups excluding tert-OH is 1. The summed E-state index contributed by atoms with van der Waals surface area (Å²) in [7, 11) is 2.02. The normalized spacial score (nSPS) is 21.9. The molecule has 1 aliphatic rings. The number of benzene rings is 1. The van der Waals surface area contributed by atoms with Gasteiger partial charge in [0, 0.05) is 25.7 Å². The van der Waals surface area contributed by atoms with Crippen LogP contribution in [0.15, 0.2) is 24.3 Å². The first kappa shape index (κ1) is 15.4. The van der Waals surface area contributed by atoms with E-state index in [1.165, 1.54) is 11.1 Å². The van der Waals surface area contributed by atoms with Gasteiger partial charge in [-0.15, -0.1) is 0 Å². The van der Waals surface area contributed by atoms with Crippen LogP contribution in [0.25, 0.3) is 0 Å². The lowest BCUT2D eigenvalue weighted by atomic mass is 9.98. The lowest BCUT2D eigenvalue weighted by Crippen LogP contribution is -2.44. The lowest BCUT2D eigenvalue weighted by Gasteiger charge is -2.33. The zero-order valence-corrected chi connectivity index (χ0v) is 12.5. The molecule has 1 saturated heterocycles. The SMILES string of the molecule is CNC(CCN1CCOC(CO)C1)c1ccccc1C. The molecule has 1 fully saturated rings. The Morgan fingerprint density at radius 2 is 2.25 bits per heavy atom. The zero-order chi connectivity index (χ0) is 14.4. The highest BCUT2D eigenvalue weighted by atomic mass is 16.5. The van der Waals surface area contributed by atoms with Gasteiger partial charge in [-0.1, -0.05) is 24.3 Å². The maximum absolute atomic E-state index is 9.18. The van der Waals surface area contributed by atoms with Crippen molar-refractivity contribution in [3.63, 3.8) is 0 Å². The van der Waals surface area contributed by atoms with Crippen LogP contribution in [0.3, 0.4) is 0 Å². The number of ether oxygens (including phenoxy) is 1. The number of rotatable bonds is 6. The van der Waals surface area contributed by atoms with Gasteiger partial charge in [0.25, 0.3) is 0 Å². The first-order chi connectivity index (χ1) is 9.74. The molecular weight excluding hydrogens is 252 g/mol. The van der Waals surface area contributed by atoms with Crippen molar-refractivity contribution in [3.8, 4) is 0 Å². The van der Waals surface area contributed by atoms with E-state index in [1.54, 1.807) is 0 Å². The third-order valence-corrected chi connectivity index (χ3v) is 4.07. The quantitative estimate of drug-likeness (QED) is 0.824. The summed E-state index contributed by atoms with van der Waals surface area (Å²) in [4.78, 5) is 2.38. The maximum Gasteiger partial charge on any atom is 0.0932 e. The Kier molecular flexibility index (Phi) is 5.98. The lowest BCUT2D eigenvalue weighted by molar-refractivity contribution is -0.0533. The molecule has 1 aromatic carbocycles. The van der Waals surface area contributed by atoms with Gasteiger partial charge in [-0.3, -0.25) is 4.90 Å². The van der Waals surface area contributed by atoms with Gasteiger partial charge in [0.15, 0.2) is 0 Å². The minimum absolute atomic E-state index is 0.0183. The van der Waals surface area contributed by atoms with Gasteiger partial charge < -0.3 is 15.2 Å². The van der Waals surface area contributed by atoms with E-state index in [0.717, 1.165) is 32.7 Å². The summed E-state index contributed by atoms with van der Waals surface area (Å²) in [5.41, 5.74) is 2.71. The Morgan fingerprint density at radius 3 is 2.95 bits per heavy atom. The highest BCUT2D eigenvalue weighted by Crippen LogP contribution is 2.21. The molecule has 2 rings (SSSR count). The smallest absolute Gasteiger partial charge is 0.0932 e. The molecule has 1 aromatic rings. The van der Waals surface area contributed by atoms with Gasteiger partial charge in [-0.2, -0.15) is 0 Å². The van der Waals surface area contributed by atoms with Gasteiger partial charge in [0.1, 0.15) is 0 Å². The third kappa shape index (κ3) is 4.03. The number of hydrogen-bond acceptors (Lipinski definition) is 4. The number of morpholine rings is 1. The maximum atomic E-state index is 9.18. The van der Waals surface area contributed by atoms with E-state index in [1.807, 2.05) is 7.05 Å². The summed E-state index contributed by atoms with van der Waals surface area (Å²) in [5.74, 6) is 0. The van der Waals surface area contributed by atoms with Gasteiger partial charge in [-0.25, -0.2) is 0 Å². The summed E-state index contributed by atoms with van der Waals surface area (Å²) in [6.07, 6.45) is 1.05. The molecule has 0 bridgehead atoms. The molecule has 2 atom stereocenters. The summed E-state index contributed by atoms with van der Waals surface area (Å²) < 4.78 is 5.49. The highest BCUT2D eigenvalue weighted by Gasteiger charge is 2.20. The summed E-state index contributed by atoms with van der Waals surface area (Å²) in [6, 6.07) is 8.93. The predicted molar refractivity (Wildman–Crippen MR) is 80.9 cm³/mol. The second-order valence-corrected chi connectivity index (χ2v) is 5.46. The Bertz CT molecular complexity index is 411. The molecule has 4 heteroatoms. The molecule has 0 saturated carbocycles. The molecule has 2 N–H and O–H groups in total. The topological polar surface area (TPSA) is 44.7 Å². The van der Waals surface area contributed by atoms with E-state index >= 15 is 0 Å². The average molecular weight is 278 g/mol. The Hall–Kier alpha value is -0.940. The molecule has 0 aromatic heterocycles. The van der Waals surface area contributed by atoms with Gasteiger partial charge in [-0.05, 0) is 31.5 Å². The monoisotopic (exact) mass is 278 g/mol. The predicted octanol–water partition coefficient (Wildman–Crippen LogP) is 1.34. The highest BCUT2D eigenvalue weighted by molar-refractivity contribution is 5.28. The number of aliphatic hydroxyl groups is 1. The van der Waals surface area contributed by atoms with Crippen molar-refractivity contribution in [2.24, 2.45) is 0 Å². The largest absolute Gasteiger partial charge is 0.394 e. The first-order valence-corrected chi connectivity index (χ1v) is 7.42. The molecule has 4 nitrogen and oxygen atoms in total. The molecule has 0 amide bonds. The molecule has 112 valence electrons. The number of aryl methyl sites for hydroxylation is 1. The molecule has 0 spiro atoms. The summed E-state index contributed by atoms with van der Waals surface area (Å²) >= 11 is 0. The third-order valence-electron chi connectivity index (χ3n) is 4.07. The van der Waals surface area contributed by atoms with E-state index in [2.05, 4.69) is 41.4 Å². The second-order valence-electron chi connectivity index (χ2n) is 5.46. The van der Waals surface area contributed by atoms with Crippen molar-refractivity contribution in [1.29, 1.82) is 0 Å². The van der Waals surface area contributed by atoms with Crippen LogP contribution in [0.2, 0.25) is 0 Å². The van der Waals surface area contributed by atoms with E-state index in [0.29, 0.717) is 6.04 Å². The van der Waals surface area contributed by atoms with E-state index in [4.69, 9.17) is 4.74 Å². The van der Waals surface area contributed by atoms with Crippen LogP contribution in [0, 0.1) is 6.92 Å². The molecule has 1 heterocycles. The van der Waals surface area contributed by atoms with Crippen LogP contribution in [0.1, 0.15) is 23.6 Å². The second kappa shape index (κ2) is 7.74. The summed E-state index contributed by atoms with van der Waals surface area (Å²) in [6.45, 7) is 5.82. The van der Waals surface area contributed by atoms with Gasteiger partial charge in [0.2, 0.25) is 0 Å². The van der Waals surface area contributed by atoms with Gasteiger partial charge >= 0.3 is 0 Å². The Morgan fingerprint density at radius 1 is 1.45 bits per heavy atom. The van der Waals surface area contributed by atoms with E-state index in [9.17, 15) is 5.11 Å². The fraction of sp³-hybridized carbons (Fsp3) is 0.625. The van der Waals surface area contributed by atoms with Crippen molar-refractivity contribution < 1.29 is 9.84 Å². The van der Waals surface area contributed by atoms with E-state index in [-0.39, 0.29) is 12.7 Å². The molecule has 20 heavy (non-hydrogen) atoms. The molecule has 0 radical (unpaired) electrons. The van der Waals surface area contributed by atoms with Gasteiger partial charge in [0.05, 0.1) is 19.3 Å². The molecule has 0 aliphatic carbocycles. The zero-order valence-electron chi connectivity index (χ0n) is 12.5. The number of nitrogens with one attached hydrogen (secondary N) is 1. The minimum atomic E-state index is -0.0183. The van der Waals surface area contributed by atoms with Crippen LogP contribution in [-0.4, -0.2) is 56.0 Å². The van der Waals surface area contributed by atoms with Crippen molar-refractivity contribution in [1.82, 2.24) is 10.2 Å². The van der Waals surface area contributed by atoms with Crippen LogP contribution in [-0.2, 0) is 4.74 Å². The van der Waals surface area contributed by atoms with Crippen molar-refractivity contribution >= 4 is 0 Å². The van der Waals surface area contributed by atoms with Crippen LogP contribution in [0.4, 0.5) is 0 Å². The standard InChI is InChI=1S/C16H26N2O2/c1-13-5-3-4-6-15(13)16(17-2)7-8-18-9-10-20-14(11-18)12-19/h3-6,14,16-17,19H,7-12H2,1-2H3. The average Bonchev–Trinajstić information content (AvgIpc) is 2.49. The van der Waals surface area contributed by atoms with Crippen molar-refractivity contribution in [3.05, 3.63) is 35.4 Å². The molecule has 2 unspecified atom stereocenters.